The van der Waals surface area contributed by atoms with Crippen molar-refractivity contribution in [1.82, 2.24) is 14.6 Å². The Bertz CT molecular complexity index is 1070. The molecule has 8 nitrogen and oxygen atoms in total. The van der Waals surface area contributed by atoms with Gasteiger partial charge in [-0.3, -0.25) is 4.79 Å². The highest BCUT2D eigenvalue weighted by Crippen LogP contribution is 2.29. The molecule has 12 heteroatoms. The Morgan fingerprint density at radius 2 is 2.24 bits per heavy atom. The number of nitrogens with two attached hydrogens (primary N) is 2. The summed E-state index contributed by atoms with van der Waals surface area (Å²) in [6, 6.07) is 5.98. The third-order valence-corrected chi connectivity index (χ3v) is 6.76. The number of benzene rings is 1. The average Bonchev–Trinajstić information content (AvgIpc) is 2.71. The van der Waals surface area contributed by atoms with Crippen LogP contribution in [-0.4, -0.2) is 27.6 Å². The highest BCUT2D eigenvalue weighted by atomic mass is 127. The van der Waals surface area contributed by atoms with Gasteiger partial charge in [-0.25, -0.2) is 14.7 Å². The lowest BCUT2D eigenvalue weighted by atomic mass is 10.1. The van der Waals surface area contributed by atoms with Crippen LogP contribution in [-0.2, 0) is 6.54 Å². The lowest BCUT2D eigenvalue weighted by molar-refractivity contribution is 0.327. The van der Waals surface area contributed by atoms with Crippen LogP contribution in [0.15, 0.2) is 40.6 Å². The zero-order valence-electron chi connectivity index (χ0n) is 15.1. The van der Waals surface area contributed by atoms with Gasteiger partial charge in [0.05, 0.1) is 48.7 Å². The molecular weight excluding hydrogens is 531 g/mol. The number of nitriles is 1. The molecule has 1 atom stereocenters. The summed E-state index contributed by atoms with van der Waals surface area (Å²) in [4.78, 5) is 14.1. The highest BCUT2D eigenvalue weighted by Gasteiger charge is 2.24. The van der Waals surface area contributed by atoms with Crippen LogP contribution in [0.4, 0.5) is 10.1 Å². The highest BCUT2D eigenvalue weighted by molar-refractivity contribution is 14.2. The van der Waals surface area contributed by atoms with E-state index < -0.39 is 5.82 Å². The van der Waals surface area contributed by atoms with E-state index in [9.17, 15) is 14.4 Å². The van der Waals surface area contributed by atoms with E-state index in [0.717, 1.165) is 5.70 Å². The Labute approximate surface area is 186 Å². The summed E-state index contributed by atoms with van der Waals surface area (Å²) in [7, 11) is 0. The van der Waals surface area contributed by atoms with Crippen molar-refractivity contribution in [2.45, 2.75) is 13.0 Å². The molecule has 2 heterocycles. The van der Waals surface area contributed by atoms with Gasteiger partial charge in [0.15, 0.2) is 0 Å². The Morgan fingerprint density at radius 3 is 2.90 bits per heavy atom. The number of anilines is 1. The summed E-state index contributed by atoms with van der Waals surface area (Å²) in [5, 5.41) is 14.9. The van der Waals surface area contributed by atoms with Crippen molar-refractivity contribution < 1.29 is 4.39 Å². The van der Waals surface area contributed by atoms with E-state index >= 15 is 0 Å². The molecule has 3 rings (SSSR count). The number of nitrogens with zero attached hydrogens (tertiary/aromatic N) is 5. The molecule has 0 saturated heterocycles. The fourth-order valence-electron chi connectivity index (χ4n) is 3.09. The predicted molar refractivity (Wildman–Crippen MR) is 120 cm³/mol. The van der Waals surface area contributed by atoms with Crippen molar-refractivity contribution in [2.24, 2.45) is 11.6 Å². The molecule has 4 N–H and O–H groups in total. The number of halogens is 3. The molecule has 0 radical (unpaired) electrons. The van der Waals surface area contributed by atoms with E-state index in [0.29, 0.717) is 36.5 Å². The minimum atomic E-state index is -0.476. The van der Waals surface area contributed by atoms with Gasteiger partial charge >= 0.3 is 0 Å². The van der Waals surface area contributed by atoms with Crippen LogP contribution in [0.5, 0.6) is 0 Å². The van der Waals surface area contributed by atoms with Gasteiger partial charge < -0.3 is 15.6 Å². The van der Waals surface area contributed by atoms with E-state index in [-0.39, 0.29) is 29.1 Å². The lowest BCUT2D eigenvalue weighted by Crippen LogP contribution is -2.42. The van der Waals surface area contributed by atoms with Crippen LogP contribution in [0.25, 0.3) is 0 Å². The van der Waals surface area contributed by atoms with Gasteiger partial charge in [0.25, 0.3) is 5.56 Å². The molecule has 1 aliphatic heterocycles. The molecular formula is C17H17ClFIN7OP. The summed E-state index contributed by atoms with van der Waals surface area (Å²) in [6.45, 7) is 1.08. The molecule has 0 aliphatic carbocycles. The van der Waals surface area contributed by atoms with E-state index in [2.05, 4.69) is 27.1 Å². The monoisotopic (exact) mass is 547 g/mol. The fourth-order valence-corrected chi connectivity index (χ4v) is 4.73. The van der Waals surface area contributed by atoms with Crippen LogP contribution >= 0.6 is 40.0 Å². The minimum Gasteiger partial charge on any atom is -0.399 e. The molecule has 0 fully saturated rings. The molecule has 152 valence electrons. The summed E-state index contributed by atoms with van der Waals surface area (Å²) in [5.41, 5.74) is 8.51. The quantitative estimate of drug-likeness (QED) is 0.256. The number of hydrazine groups is 1. The summed E-state index contributed by atoms with van der Waals surface area (Å²) in [5.74, 6) is 5.72. The van der Waals surface area contributed by atoms with Crippen molar-refractivity contribution >= 4 is 45.7 Å². The topological polar surface area (TPSA) is 117 Å². The second-order valence-electron chi connectivity index (χ2n) is 6.33. The van der Waals surface area contributed by atoms with Gasteiger partial charge in [0.2, 0.25) is 0 Å². The maximum atomic E-state index is 13.3. The first kappa shape index (κ1) is 21.8. The zero-order valence-corrected chi connectivity index (χ0v) is 19.0. The van der Waals surface area contributed by atoms with Gasteiger partial charge in [-0.05, 0) is 39.7 Å². The van der Waals surface area contributed by atoms with Crippen molar-refractivity contribution in [2.75, 3.05) is 18.0 Å². The first-order valence-electron chi connectivity index (χ1n) is 8.43. The molecule has 0 amide bonds. The van der Waals surface area contributed by atoms with E-state index in [1.54, 1.807) is 6.20 Å². The molecule has 1 unspecified atom stereocenters. The van der Waals surface area contributed by atoms with Crippen LogP contribution in [0.3, 0.4) is 0 Å². The third kappa shape index (κ3) is 4.64. The summed E-state index contributed by atoms with van der Waals surface area (Å²) in [6.07, 6.45) is 2.23. The van der Waals surface area contributed by atoms with Gasteiger partial charge in [-0.2, -0.15) is 10.4 Å². The summed E-state index contributed by atoms with van der Waals surface area (Å²) < 4.78 is 14.6. The Hall–Kier alpha value is -1.93. The summed E-state index contributed by atoms with van der Waals surface area (Å²) >= 11 is 8.30. The molecule has 0 bridgehead atoms. The van der Waals surface area contributed by atoms with Crippen LogP contribution in [0, 0.1) is 17.1 Å². The Morgan fingerprint density at radius 1 is 1.48 bits per heavy atom. The lowest BCUT2D eigenvalue weighted by Gasteiger charge is -2.34. The van der Waals surface area contributed by atoms with Gasteiger partial charge in [0, 0.05) is 18.7 Å². The molecule has 29 heavy (non-hydrogen) atoms. The maximum Gasteiger partial charge on any atom is 0.291 e. The smallest absolute Gasteiger partial charge is 0.291 e. The van der Waals surface area contributed by atoms with Gasteiger partial charge in [0.1, 0.15) is 10.8 Å². The van der Waals surface area contributed by atoms with Gasteiger partial charge in [-0.1, -0.05) is 17.7 Å². The van der Waals surface area contributed by atoms with Crippen molar-refractivity contribution in [1.29, 1.82) is 5.26 Å². The van der Waals surface area contributed by atoms with Crippen molar-refractivity contribution in [3.05, 3.63) is 68.1 Å². The second kappa shape index (κ2) is 9.26. The van der Waals surface area contributed by atoms with Crippen molar-refractivity contribution in [3.8, 4) is 6.07 Å². The number of aromatic nitrogens is 2. The van der Waals surface area contributed by atoms with E-state index in [1.165, 1.54) is 27.7 Å². The van der Waals surface area contributed by atoms with E-state index in [1.807, 2.05) is 11.0 Å². The molecule has 1 aromatic heterocycles. The van der Waals surface area contributed by atoms with Crippen LogP contribution in [0.1, 0.15) is 17.5 Å². The van der Waals surface area contributed by atoms with Crippen molar-refractivity contribution in [3.63, 3.8) is 0 Å². The standard InChI is InChI=1S/C17H17ClFIN7OP/c18-16-15(7-24-27(29-20)17(16)28)25-4-3-14(13(22)9-25)26(23)8-10-1-2-12(19)5-11(10)6-21/h1-2,5,7,29H,3-4,8-9,22-23H2. The first-order valence-corrected chi connectivity index (χ1v) is 12.9. The number of hydrogen-bond donors (Lipinski definition) is 2. The largest absolute Gasteiger partial charge is 0.399 e. The van der Waals surface area contributed by atoms with Crippen LogP contribution in [0.2, 0.25) is 5.02 Å². The van der Waals surface area contributed by atoms with Gasteiger partial charge in [-0.15, -0.1) is 0 Å². The number of hydrogen-bond acceptors (Lipinski definition) is 7. The molecule has 1 aliphatic rings. The zero-order chi connectivity index (χ0) is 21.1. The molecule has 2 aromatic rings. The third-order valence-electron chi connectivity index (χ3n) is 4.55. The molecule has 1 aromatic carbocycles. The maximum absolute atomic E-state index is 13.3. The predicted octanol–water partition coefficient (Wildman–Crippen LogP) is 2.46. The minimum absolute atomic E-state index is 0.106. The van der Waals surface area contributed by atoms with E-state index in [4.69, 9.17) is 23.2 Å². The normalized spacial score (nSPS) is 14.5. The Kier molecular flexibility index (Phi) is 6.95. The molecule has 0 saturated carbocycles. The fraction of sp³-hybridized carbons (Fsp3) is 0.235. The second-order valence-corrected chi connectivity index (χ2v) is 8.75. The average molecular weight is 548 g/mol. The SMILES string of the molecule is N#Cc1cc(F)ccc1CN(N)C1=C(N)CN(c2cnn(PI)c(=O)c2Cl)CC1. The Balaban J connectivity index is 1.80. The van der Waals surface area contributed by atoms with Crippen LogP contribution < -0.4 is 22.0 Å². The first-order chi connectivity index (χ1) is 13.8. The number of rotatable bonds is 5. The molecule has 0 spiro atoms.